The quantitative estimate of drug-likeness (QED) is 0.773. The number of thioether (sulfide) groups is 1. The molecule has 1 N–H and O–H groups in total. The van der Waals surface area contributed by atoms with Gasteiger partial charge in [0.15, 0.2) is 0 Å². The maximum Gasteiger partial charge on any atom is 0.220 e. The van der Waals surface area contributed by atoms with E-state index >= 15 is 0 Å². The third-order valence-electron chi connectivity index (χ3n) is 3.17. The highest BCUT2D eigenvalue weighted by atomic mass is 79.9. The molecule has 0 radical (unpaired) electrons. The predicted molar refractivity (Wildman–Crippen MR) is 84.5 cm³/mol. The monoisotopic (exact) mass is 335 g/mol. The molecular formula is C14H26BrNOS. The lowest BCUT2D eigenvalue weighted by atomic mass is 9.90. The van der Waals surface area contributed by atoms with Crippen molar-refractivity contribution in [1.82, 2.24) is 5.32 Å². The van der Waals surface area contributed by atoms with Crippen LogP contribution in [0.5, 0.6) is 0 Å². The summed E-state index contributed by atoms with van der Waals surface area (Å²) in [6.07, 6.45) is 4.21. The lowest BCUT2D eigenvalue weighted by molar-refractivity contribution is -0.122. The first-order valence-corrected chi connectivity index (χ1v) is 8.92. The van der Waals surface area contributed by atoms with Crippen LogP contribution < -0.4 is 5.32 Å². The second-order valence-electron chi connectivity index (χ2n) is 6.43. The second-order valence-corrected chi connectivity index (χ2v) is 8.95. The molecule has 1 aliphatic rings. The summed E-state index contributed by atoms with van der Waals surface area (Å²) in [4.78, 5) is 12.2. The Balaban J connectivity index is 2.16. The third kappa shape index (κ3) is 7.67. The molecule has 0 aliphatic carbocycles. The SMILES string of the molecule is CC(C)(C)CC(Br)CNC(=O)CC1CCSCC1. The summed E-state index contributed by atoms with van der Waals surface area (Å²) in [5.41, 5.74) is 0.305. The molecule has 1 fully saturated rings. The normalized spacial score (nSPS) is 19.6. The van der Waals surface area contributed by atoms with Crippen molar-refractivity contribution in [3.63, 3.8) is 0 Å². The van der Waals surface area contributed by atoms with Gasteiger partial charge in [0.25, 0.3) is 0 Å². The Kier molecular flexibility index (Phi) is 7.07. The standard InChI is InChI=1S/C14H26BrNOS/c1-14(2,3)9-12(15)10-16-13(17)8-11-4-6-18-7-5-11/h11-12H,4-10H2,1-3H3,(H,16,17). The Hall–Kier alpha value is 0.300. The Morgan fingerprint density at radius 3 is 2.56 bits per heavy atom. The number of hydrogen-bond acceptors (Lipinski definition) is 2. The van der Waals surface area contributed by atoms with Gasteiger partial charge in [-0.3, -0.25) is 4.79 Å². The van der Waals surface area contributed by atoms with Crippen LogP contribution >= 0.6 is 27.7 Å². The van der Waals surface area contributed by atoms with Gasteiger partial charge in [-0.05, 0) is 42.1 Å². The summed E-state index contributed by atoms with van der Waals surface area (Å²) in [6.45, 7) is 7.42. The van der Waals surface area contributed by atoms with Crippen molar-refractivity contribution in [3.8, 4) is 0 Å². The maximum atomic E-state index is 11.8. The van der Waals surface area contributed by atoms with Gasteiger partial charge in [-0.2, -0.15) is 11.8 Å². The third-order valence-corrected chi connectivity index (χ3v) is 4.87. The molecule has 1 atom stereocenters. The van der Waals surface area contributed by atoms with Crippen molar-refractivity contribution in [2.45, 2.75) is 51.3 Å². The summed E-state index contributed by atoms with van der Waals surface area (Å²) in [7, 11) is 0. The van der Waals surface area contributed by atoms with Crippen LogP contribution in [0.4, 0.5) is 0 Å². The maximum absolute atomic E-state index is 11.8. The first kappa shape index (κ1) is 16.4. The average molecular weight is 336 g/mol. The van der Waals surface area contributed by atoms with E-state index in [4.69, 9.17) is 0 Å². The summed E-state index contributed by atoms with van der Waals surface area (Å²) in [6, 6.07) is 0. The number of amides is 1. The predicted octanol–water partition coefficient (Wildman–Crippen LogP) is 3.84. The zero-order valence-corrected chi connectivity index (χ0v) is 14.2. The summed E-state index contributed by atoms with van der Waals surface area (Å²) < 4.78 is 0. The van der Waals surface area contributed by atoms with Crippen LogP contribution in [0, 0.1) is 11.3 Å². The summed E-state index contributed by atoms with van der Waals surface area (Å²) in [5.74, 6) is 3.29. The number of hydrogen-bond donors (Lipinski definition) is 1. The van der Waals surface area contributed by atoms with Crippen LogP contribution in [0.25, 0.3) is 0 Å². The fourth-order valence-corrected chi connectivity index (χ4v) is 4.58. The molecule has 1 amide bonds. The average Bonchev–Trinajstić information content (AvgIpc) is 2.25. The zero-order chi connectivity index (χ0) is 13.6. The van der Waals surface area contributed by atoms with E-state index in [1.54, 1.807) is 0 Å². The van der Waals surface area contributed by atoms with Crippen molar-refractivity contribution < 1.29 is 4.79 Å². The molecule has 2 nitrogen and oxygen atoms in total. The van der Waals surface area contributed by atoms with Gasteiger partial charge in [0.2, 0.25) is 5.91 Å². The first-order chi connectivity index (χ1) is 8.37. The van der Waals surface area contributed by atoms with Crippen LogP contribution in [0.15, 0.2) is 0 Å². The molecular weight excluding hydrogens is 310 g/mol. The summed E-state index contributed by atoms with van der Waals surface area (Å²) >= 11 is 5.66. The van der Waals surface area contributed by atoms with E-state index < -0.39 is 0 Å². The van der Waals surface area contributed by atoms with Crippen molar-refractivity contribution in [3.05, 3.63) is 0 Å². The second kappa shape index (κ2) is 7.78. The highest BCUT2D eigenvalue weighted by molar-refractivity contribution is 9.09. The largest absolute Gasteiger partial charge is 0.355 e. The number of carbonyl (C=O) groups is 1. The van der Waals surface area contributed by atoms with Gasteiger partial charge in [-0.1, -0.05) is 36.7 Å². The Morgan fingerprint density at radius 1 is 1.39 bits per heavy atom. The van der Waals surface area contributed by atoms with Crippen molar-refractivity contribution in [2.24, 2.45) is 11.3 Å². The van der Waals surface area contributed by atoms with Crippen molar-refractivity contribution in [1.29, 1.82) is 0 Å². The van der Waals surface area contributed by atoms with Gasteiger partial charge in [0, 0.05) is 17.8 Å². The van der Waals surface area contributed by atoms with Crippen molar-refractivity contribution in [2.75, 3.05) is 18.1 Å². The van der Waals surface area contributed by atoms with Gasteiger partial charge in [0.1, 0.15) is 0 Å². The van der Waals surface area contributed by atoms with Gasteiger partial charge in [-0.15, -0.1) is 0 Å². The molecule has 4 heteroatoms. The molecule has 1 saturated heterocycles. The molecule has 0 aromatic rings. The molecule has 1 unspecified atom stereocenters. The van der Waals surface area contributed by atoms with Gasteiger partial charge >= 0.3 is 0 Å². The van der Waals surface area contributed by atoms with Crippen LogP contribution in [0.3, 0.4) is 0 Å². The highest BCUT2D eigenvalue weighted by Gasteiger charge is 2.19. The molecule has 1 rings (SSSR count). The minimum absolute atomic E-state index is 0.227. The minimum atomic E-state index is 0.227. The highest BCUT2D eigenvalue weighted by Crippen LogP contribution is 2.26. The lowest BCUT2D eigenvalue weighted by Gasteiger charge is -2.23. The Bertz CT molecular complexity index is 259. The van der Waals surface area contributed by atoms with E-state index in [0.29, 0.717) is 16.2 Å². The number of nitrogens with one attached hydrogen (secondary N) is 1. The first-order valence-electron chi connectivity index (χ1n) is 6.85. The number of alkyl halides is 1. The number of carbonyl (C=O) groups excluding carboxylic acids is 1. The van der Waals surface area contributed by atoms with Gasteiger partial charge in [0.05, 0.1) is 0 Å². The van der Waals surface area contributed by atoms with Crippen LogP contribution in [0.1, 0.15) is 46.5 Å². The van der Waals surface area contributed by atoms with Crippen LogP contribution in [0.2, 0.25) is 0 Å². The molecule has 0 saturated carbocycles. The van der Waals surface area contributed by atoms with E-state index in [1.807, 2.05) is 11.8 Å². The number of halogens is 1. The molecule has 18 heavy (non-hydrogen) atoms. The van der Waals surface area contributed by atoms with E-state index in [0.717, 1.165) is 19.4 Å². The van der Waals surface area contributed by atoms with E-state index in [1.165, 1.54) is 24.3 Å². The molecule has 0 bridgehead atoms. The smallest absolute Gasteiger partial charge is 0.220 e. The number of rotatable bonds is 5. The molecule has 0 aromatic carbocycles. The van der Waals surface area contributed by atoms with Crippen LogP contribution in [-0.4, -0.2) is 28.8 Å². The fourth-order valence-electron chi connectivity index (χ4n) is 2.25. The molecule has 106 valence electrons. The fraction of sp³-hybridized carbons (Fsp3) is 0.929. The van der Waals surface area contributed by atoms with Gasteiger partial charge < -0.3 is 5.32 Å². The Morgan fingerprint density at radius 2 is 2.00 bits per heavy atom. The minimum Gasteiger partial charge on any atom is -0.355 e. The molecule has 1 heterocycles. The van der Waals surface area contributed by atoms with E-state index in [-0.39, 0.29) is 5.91 Å². The molecule has 0 spiro atoms. The summed E-state index contributed by atoms with van der Waals surface area (Å²) in [5, 5.41) is 3.06. The Labute approximate surface area is 124 Å². The molecule has 1 aliphatic heterocycles. The van der Waals surface area contributed by atoms with Crippen molar-refractivity contribution >= 4 is 33.6 Å². The van der Waals surface area contributed by atoms with Crippen LogP contribution in [-0.2, 0) is 4.79 Å². The topological polar surface area (TPSA) is 29.1 Å². The van der Waals surface area contributed by atoms with Gasteiger partial charge in [-0.25, -0.2) is 0 Å². The molecule has 0 aromatic heterocycles. The lowest BCUT2D eigenvalue weighted by Crippen LogP contribution is -2.33. The van der Waals surface area contributed by atoms with E-state index in [9.17, 15) is 4.79 Å². The zero-order valence-electron chi connectivity index (χ0n) is 11.8. The van der Waals surface area contributed by atoms with E-state index in [2.05, 4.69) is 42.0 Å².